The first-order valence-electron chi connectivity index (χ1n) is 7.24. The van der Waals surface area contributed by atoms with E-state index in [1.807, 2.05) is 0 Å². The second-order valence-electron chi connectivity index (χ2n) is 6.55. The van der Waals surface area contributed by atoms with Crippen molar-refractivity contribution in [1.29, 1.82) is 0 Å². The lowest BCUT2D eigenvalue weighted by Gasteiger charge is -2.38. The monoisotopic (exact) mass is 267 g/mol. The largest absolute Gasteiger partial charge is 0.336 e. The van der Waals surface area contributed by atoms with Gasteiger partial charge in [-0.25, -0.2) is 0 Å². The Morgan fingerprint density at radius 1 is 0.750 bits per heavy atom. The Kier molecular flexibility index (Phi) is 3.89. The van der Waals surface area contributed by atoms with E-state index in [4.69, 9.17) is 0 Å². The molecule has 0 radical (unpaired) electrons. The van der Waals surface area contributed by atoms with Gasteiger partial charge in [0.15, 0.2) is 0 Å². The first-order chi connectivity index (χ1) is 9.30. The molecule has 20 heavy (non-hydrogen) atoms. The van der Waals surface area contributed by atoms with Gasteiger partial charge in [0.05, 0.1) is 0 Å². The molecular weight excluding hydrogens is 242 g/mol. The minimum absolute atomic E-state index is 0.0372. The highest BCUT2D eigenvalue weighted by atomic mass is 15.2. The van der Waals surface area contributed by atoms with Crippen LogP contribution in [0.5, 0.6) is 0 Å². The van der Waals surface area contributed by atoms with Gasteiger partial charge in [-0.05, 0) is 82.5 Å². The van der Waals surface area contributed by atoms with Crippen molar-refractivity contribution in [2.24, 2.45) is 0 Å². The summed E-state index contributed by atoms with van der Waals surface area (Å²) in [5.41, 5.74) is 6.63. The Hall–Kier alpha value is -1.76. The molecule has 0 saturated heterocycles. The van der Waals surface area contributed by atoms with Crippen LogP contribution in [0.4, 0.5) is 11.4 Å². The van der Waals surface area contributed by atoms with Gasteiger partial charge >= 0.3 is 0 Å². The first kappa shape index (κ1) is 14.6. The second kappa shape index (κ2) is 5.32. The molecule has 106 valence electrons. The van der Waals surface area contributed by atoms with E-state index in [-0.39, 0.29) is 5.54 Å². The molecule has 0 aliphatic rings. The molecule has 0 aliphatic heterocycles. The minimum Gasteiger partial charge on any atom is -0.336 e. The number of para-hydroxylation sites is 1. The van der Waals surface area contributed by atoms with Crippen LogP contribution >= 0.6 is 0 Å². The summed E-state index contributed by atoms with van der Waals surface area (Å²) in [6.45, 7) is 13.3. The van der Waals surface area contributed by atoms with Gasteiger partial charge in [0.2, 0.25) is 0 Å². The molecule has 0 fully saturated rings. The first-order valence-corrected chi connectivity index (χ1v) is 7.24. The molecule has 0 heterocycles. The number of aryl methyl sites for hydroxylation is 2. The van der Waals surface area contributed by atoms with Crippen LogP contribution in [0.15, 0.2) is 42.5 Å². The Labute approximate surface area is 123 Å². The average molecular weight is 267 g/mol. The fourth-order valence-electron chi connectivity index (χ4n) is 2.64. The molecule has 2 aromatic carbocycles. The highest BCUT2D eigenvalue weighted by molar-refractivity contribution is 5.67. The molecular formula is C19H25N. The second-order valence-corrected chi connectivity index (χ2v) is 6.55. The molecule has 0 amide bonds. The Balaban J connectivity index is 2.59. The van der Waals surface area contributed by atoms with Gasteiger partial charge in [-0.15, -0.1) is 0 Å². The van der Waals surface area contributed by atoms with Gasteiger partial charge in [0.1, 0.15) is 0 Å². The van der Waals surface area contributed by atoms with Crippen LogP contribution in [-0.2, 0) is 0 Å². The molecule has 0 aromatic heterocycles. The van der Waals surface area contributed by atoms with Crippen molar-refractivity contribution in [1.82, 2.24) is 0 Å². The standard InChI is InChI=1S/C19H25N/c1-14-12-18(13-15(2)16(14)3)20(19(4,5)6)17-10-8-7-9-11-17/h7-13H,1-6H3. The lowest BCUT2D eigenvalue weighted by molar-refractivity contribution is 0.560. The predicted octanol–water partition coefficient (Wildman–Crippen LogP) is 5.55. The van der Waals surface area contributed by atoms with Crippen molar-refractivity contribution in [2.45, 2.75) is 47.1 Å². The third kappa shape index (κ3) is 2.87. The van der Waals surface area contributed by atoms with Crippen molar-refractivity contribution in [3.8, 4) is 0 Å². The molecule has 0 aliphatic carbocycles. The van der Waals surface area contributed by atoms with Crippen molar-refractivity contribution in [2.75, 3.05) is 4.90 Å². The summed E-state index contributed by atoms with van der Waals surface area (Å²) < 4.78 is 0. The summed E-state index contributed by atoms with van der Waals surface area (Å²) in [5.74, 6) is 0. The molecule has 1 heteroatoms. The van der Waals surface area contributed by atoms with Gasteiger partial charge < -0.3 is 4.90 Å². The molecule has 0 unspecified atom stereocenters. The predicted molar refractivity (Wildman–Crippen MR) is 89.0 cm³/mol. The van der Waals surface area contributed by atoms with E-state index in [1.165, 1.54) is 28.1 Å². The maximum absolute atomic E-state index is 2.41. The molecule has 0 saturated carbocycles. The third-order valence-electron chi connectivity index (χ3n) is 3.86. The zero-order valence-electron chi connectivity index (χ0n) is 13.5. The van der Waals surface area contributed by atoms with Gasteiger partial charge in [0, 0.05) is 16.9 Å². The lowest BCUT2D eigenvalue weighted by atomic mass is 9.98. The van der Waals surface area contributed by atoms with E-state index < -0.39 is 0 Å². The summed E-state index contributed by atoms with van der Waals surface area (Å²) in [6, 6.07) is 15.2. The Morgan fingerprint density at radius 2 is 1.25 bits per heavy atom. The fraction of sp³-hybridized carbons (Fsp3) is 0.368. The average Bonchev–Trinajstić information content (AvgIpc) is 2.35. The van der Waals surface area contributed by atoms with E-state index in [0.717, 1.165) is 0 Å². The van der Waals surface area contributed by atoms with Crippen molar-refractivity contribution < 1.29 is 0 Å². The van der Waals surface area contributed by atoms with E-state index in [1.54, 1.807) is 0 Å². The van der Waals surface area contributed by atoms with Gasteiger partial charge in [-0.1, -0.05) is 18.2 Å². The van der Waals surface area contributed by atoms with E-state index in [0.29, 0.717) is 0 Å². The van der Waals surface area contributed by atoms with Gasteiger partial charge in [0.25, 0.3) is 0 Å². The fourth-order valence-corrected chi connectivity index (χ4v) is 2.64. The number of hydrogen-bond acceptors (Lipinski definition) is 1. The SMILES string of the molecule is Cc1cc(N(c2ccccc2)C(C)(C)C)cc(C)c1C. The Bertz CT molecular complexity index is 568. The Morgan fingerprint density at radius 3 is 1.70 bits per heavy atom. The van der Waals surface area contributed by atoms with Crippen LogP contribution < -0.4 is 4.90 Å². The van der Waals surface area contributed by atoms with Crippen LogP contribution in [0.1, 0.15) is 37.5 Å². The smallest absolute Gasteiger partial charge is 0.0421 e. The summed E-state index contributed by atoms with van der Waals surface area (Å²) in [5, 5.41) is 0. The summed E-state index contributed by atoms with van der Waals surface area (Å²) in [7, 11) is 0. The lowest BCUT2D eigenvalue weighted by Crippen LogP contribution is -2.37. The highest BCUT2D eigenvalue weighted by Crippen LogP contribution is 2.34. The third-order valence-corrected chi connectivity index (χ3v) is 3.86. The van der Waals surface area contributed by atoms with E-state index >= 15 is 0 Å². The summed E-state index contributed by atoms with van der Waals surface area (Å²) in [6.07, 6.45) is 0. The van der Waals surface area contributed by atoms with Crippen LogP contribution in [0.25, 0.3) is 0 Å². The molecule has 1 nitrogen and oxygen atoms in total. The van der Waals surface area contributed by atoms with Crippen molar-refractivity contribution >= 4 is 11.4 Å². The van der Waals surface area contributed by atoms with Crippen LogP contribution in [0.2, 0.25) is 0 Å². The van der Waals surface area contributed by atoms with E-state index in [9.17, 15) is 0 Å². The topological polar surface area (TPSA) is 3.24 Å². The normalized spacial score (nSPS) is 11.5. The van der Waals surface area contributed by atoms with Crippen LogP contribution in [0, 0.1) is 20.8 Å². The number of anilines is 2. The van der Waals surface area contributed by atoms with Crippen LogP contribution in [-0.4, -0.2) is 5.54 Å². The zero-order valence-corrected chi connectivity index (χ0v) is 13.5. The molecule has 0 atom stereocenters. The van der Waals surface area contributed by atoms with Crippen LogP contribution in [0.3, 0.4) is 0 Å². The molecule has 0 spiro atoms. The van der Waals surface area contributed by atoms with E-state index in [2.05, 4.69) is 88.9 Å². The quantitative estimate of drug-likeness (QED) is 0.689. The zero-order chi connectivity index (χ0) is 14.9. The molecule has 2 aromatic rings. The maximum atomic E-state index is 2.41. The molecule has 0 bridgehead atoms. The number of rotatable bonds is 2. The number of hydrogen-bond donors (Lipinski definition) is 0. The molecule has 2 rings (SSSR count). The number of benzene rings is 2. The molecule has 0 N–H and O–H groups in total. The van der Waals surface area contributed by atoms with Crippen molar-refractivity contribution in [3.63, 3.8) is 0 Å². The summed E-state index contributed by atoms with van der Waals surface area (Å²) in [4.78, 5) is 2.41. The maximum Gasteiger partial charge on any atom is 0.0421 e. The highest BCUT2D eigenvalue weighted by Gasteiger charge is 2.23. The minimum atomic E-state index is 0.0372. The summed E-state index contributed by atoms with van der Waals surface area (Å²) >= 11 is 0. The van der Waals surface area contributed by atoms with Gasteiger partial charge in [-0.3, -0.25) is 0 Å². The van der Waals surface area contributed by atoms with Crippen molar-refractivity contribution in [3.05, 3.63) is 59.2 Å². The van der Waals surface area contributed by atoms with Gasteiger partial charge in [-0.2, -0.15) is 0 Å². The number of nitrogens with zero attached hydrogens (tertiary/aromatic N) is 1.